The van der Waals surface area contributed by atoms with Gasteiger partial charge in [0.05, 0.1) is 22.0 Å². The van der Waals surface area contributed by atoms with E-state index in [1.807, 2.05) is 0 Å². The van der Waals surface area contributed by atoms with E-state index >= 15 is 0 Å². The monoisotopic (exact) mass is 493 g/mol. The normalized spacial score (nSPS) is 11.0. The number of pyridine rings is 1. The van der Waals surface area contributed by atoms with Crippen LogP contribution >= 0.6 is 23.2 Å². The van der Waals surface area contributed by atoms with Gasteiger partial charge < -0.3 is 16.2 Å². The number of phenolic OH excluding ortho intramolecular Hbond substituents is 1. The minimum Gasteiger partial charge on any atom is -0.507 e. The zero-order chi connectivity index (χ0) is 24.2. The number of rotatable bonds is 3. The summed E-state index contributed by atoms with van der Waals surface area (Å²) in [5.74, 6) is -1.89. The molecule has 1 amide bonds. The van der Waals surface area contributed by atoms with E-state index in [0.29, 0.717) is 5.69 Å². The molecule has 0 fully saturated rings. The van der Waals surface area contributed by atoms with Crippen molar-refractivity contribution in [3.8, 4) is 17.0 Å². The number of aryl methyl sites for hydroxylation is 1. The molecule has 5 N–H and O–H groups in total. The lowest BCUT2D eigenvalue weighted by Crippen LogP contribution is -2.13. The van der Waals surface area contributed by atoms with Gasteiger partial charge in [0, 0.05) is 12.0 Å². The van der Waals surface area contributed by atoms with Crippen molar-refractivity contribution in [3.05, 3.63) is 51.5 Å². The Labute approximate surface area is 189 Å². The molecule has 0 radical (unpaired) electrons. The van der Waals surface area contributed by atoms with Crippen molar-refractivity contribution in [3.63, 3.8) is 0 Å². The van der Waals surface area contributed by atoms with Crippen molar-refractivity contribution >= 4 is 40.6 Å². The highest BCUT2D eigenvalue weighted by molar-refractivity contribution is 6.33. The summed E-state index contributed by atoms with van der Waals surface area (Å²) < 4.78 is 46.9. The van der Waals surface area contributed by atoms with Gasteiger partial charge in [-0.3, -0.25) is 9.89 Å². The average Bonchev–Trinajstić information content (AvgIpc) is 3.03. The van der Waals surface area contributed by atoms with Crippen LogP contribution < -0.4 is 11.1 Å². The van der Waals surface area contributed by atoms with Crippen LogP contribution in [0.2, 0.25) is 10.2 Å². The molecule has 0 spiro atoms. The van der Waals surface area contributed by atoms with E-state index in [9.17, 15) is 27.5 Å². The van der Waals surface area contributed by atoms with Gasteiger partial charge in [-0.2, -0.15) is 18.3 Å². The molecule has 3 aromatic rings. The molecule has 172 valence electrons. The number of aromatic hydroxyl groups is 1. The number of aromatic nitrogens is 3. The van der Waals surface area contributed by atoms with Crippen LogP contribution in [0.1, 0.15) is 29.4 Å². The Morgan fingerprint density at radius 3 is 2.44 bits per heavy atom. The summed E-state index contributed by atoms with van der Waals surface area (Å²) in [5.41, 5.74) is 6.02. The Kier molecular flexibility index (Phi) is 7.92. The molecule has 32 heavy (non-hydrogen) atoms. The third kappa shape index (κ3) is 6.24. The highest BCUT2D eigenvalue weighted by Gasteiger charge is 2.23. The quantitative estimate of drug-likeness (QED) is 0.348. The number of hydrogen-bond donors (Lipinski definition) is 4. The van der Waals surface area contributed by atoms with Crippen molar-refractivity contribution in [2.24, 2.45) is 0 Å². The molecule has 1 aromatic carbocycles. The first-order valence-corrected chi connectivity index (χ1v) is 9.63. The van der Waals surface area contributed by atoms with Crippen molar-refractivity contribution in [1.29, 1.82) is 0 Å². The predicted molar refractivity (Wildman–Crippen MR) is 113 cm³/mol. The number of nitrogen functional groups attached to an aromatic ring is 1. The van der Waals surface area contributed by atoms with Gasteiger partial charge in [-0.05, 0) is 31.2 Å². The number of anilines is 2. The van der Waals surface area contributed by atoms with Crippen molar-refractivity contribution in [1.82, 2.24) is 15.2 Å². The highest BCUT2D eigenvalue weighted by Crippen LogP contribution is 2.34. The third-order valence-electron chi connectivity index (χ3n) is 4.00. The Balaban J connectivity index is 0.000000534. The Morgan fingerprint density at radius 2 is 1.91 bits per heavy atom. The third-order valence-corrected chi connectivity index (χ3v) is 4.57. The molecule has 2 heterocycles. The van der Waals surface area contributed by atoms with Crippen molar-refractivity contribution in [2.45, 2.75) is 26.4 Å². The maximum absolute atomic E-state index is 14.6. The maximum Gasteiger partial charge on any atom is 0.388 e. The van der Waals surface area contributed by atoms with Crippen LogP contribution in [0, 0.1) is 12.7 Å². The fourth-order valence-electron chi connectivity index (χ4n) is 2.30. The molecular weight excluding hydrogens is 477 g/mol. The van der Waals surface area contributed by atoms with Crippen LogP contribution in [0.15, 0.2) is 24.3 Å². The largest absolute Gasteiger partial charge is 0.507 e. The molecule has 13 heteroatoms. The summed E-state index contributed by atoms with van der Waals surface area (Å²) in [5, 5.41) is 19.2. The van der Waals surface area contributed by atoms with Gasteiger partial charge in [0.25, 0.3) is 5.91 Å². The predicted octanol–water partition coefficient (Wildman–Crippen LogP) is 5.72. The van der Waals surface area contributed by atoms with Gasteiger partial charge in [0.1, 0.15) is 23.1 Å². The van der Waals surface area contributed by atoms with E-state index in [2.05, 4.69) is 20.5 Å². The zero-order valence-electron chi connectivity index (χ0n) is 16.6. The number of carbonyl (C=O) groups is 1. The van der Waals surface area contributed by atoms with E-state index in [1.54, 1.807) is 6.92 Å². The Hall–Kier alpha value is -3.05. The minimum atomic E-state index is -3.96. The first-order chi connectivity index (χ1) is 14.8. The molecule has 3 rings (SSSR count). The number of benzene rings is 1. The summed E-state index contributed by atoms with van der Waals surface area (Å²) in [6.45, 7) is 2.73. The molecular formula is C19H17Cl2F4N5O2. The van der Waals surface area contributed by atoms with Crippen LogP contribution in [0.5, 0.6) is 5.75 Å². The van der Waals surface area contributed by atoms with Crippen molar-refractivity contribution in [2.75, 3.05) is 11.1 Å². The molecule has 0 aliphatic carbocycles. The van der Waals surface area contributed by atoms with Crippen LogP contribution in [-0.4, -0.2) is 32.4 Å². The molecule has 0 atom stereocenters. The number of carbonyl (C=O) groups excluding carboxylic acids is 1. The van der Waals surface area contributed by atoms with Gasteiger partial charge in [0.15, 0.2) is 5.15 Å². The van der Waals surface area contributed by atoms with E-state index in [1.165, 1.54) is 12.1 Å². The molecule has 0 saturated heterocycles. The molecule has 0 saturated carbocycles. The second-order valence-electron chi connectivity index (χ2n) is 6.35. The first kappa shape index (κ1) is 25.2. The topological polar surface area (TPSA) is 117 Å². The van der Waals surface area contributed by atoms with Crippen LogP contribution in [0.4, 0.5) is 29.1 Å². The van der Waals surface area contributed by atoms with Crippen LogP contribution in [0.3, 0.4) is 0 Å². The molecule has 0 aliphatic rings. The van der Waals surface area contributed by atoms with Gasteiger partial charge in [-0.1, -0.05) is 30.1 Å². The van der Waals surface area contributed by atoms with E-state index in [0.717, 1.165) is 19.1 Å². The van der Waals surface area contributed by atoms with Gasteiger partial charge in [-0.25, -0.2) is 9.37 Å². The number of halogens is 6. The fourth-order valence-corrected chi connectivity index (χ4v) is 2.74. The number of nitrogens with two attached hydrogens (primary N) is 1. The summed E-state index contributed by atoms with van der Waals surface area (Å²) in [6.07, 6.45) is -4.69. The number of hydrogen-bond acceptors (Lipinski definition) is 5. The SMILES string of the molecule is CCC(F)(F)F.Cc1[nH]nc(Cl)c1NC(=O)c1cc(F)c(-c2nc(N)ccc2Cl)cc1O. The summed E-state index contributed by atoms with van der Waals surface area (Å²) in [6, 6.07) is 4.86. The van der Waals surface area contributed by atoms with Crippen LogP contribution in [-0.2, 0) is 0 Å². The first-order valence-electron chi connectivity index (χ1n) is 8.87. The standard InChI is InChI=1S/C16H12Cl2FN5O2.C3H5F3/c1-6-13(15(18)24-23-6)22-16(26)8-4-10(19)7(5-11(8)25)14-9(17)2-3-12(20)21-14;1-2-3(4,5)6/h2-5,25H,1H3,(H2,20,21)(H,22,26)(H,23,24);2H2,1H3. The molecule has 0 aliphatic heterocycles. The van der Waals surface area contributed by atoms with Gasteiger partial charge >= 0.3 is 6.18 Å². The van der Waals surface area contributed by atoms with Gasteiger partial charge in [0.2, 0.25) is 0 Å². The fraction of sp³-hybridized carbons (Fsp3) is 0.211. The van der Waals surface area contributed by atoms with E-state index in [-0.39, 0.29) is 38.5 Å². The Bertz CT molecular complexity index is 1120. The number of H-pyrrole nitrogens is 1. The lowest BCUT2D eigenvalue weighted by Gasteiger charge is -2.11. The van der Waals surface area contributed by atoms with E-state index in [4.69, 9.17) is 28.9 Å². The number of amides is 1. The van der Waals surface area contributed by atoms with Crippen molar-refractivity contribution < 1.29 is 27.5 Å². The summed E-state index contributed by atoms with van der Waals surface area (Å²) >= 11 is 11.9. The second-order valence-corrected chi connectivity index (χ2v) is 7.12. The average molecular weight is 494 g/mol. The zero-order valence-corrected chi connectivity index (χ0v) is 18.1. The minimum absolute atomic E-state index is 0.0446. The lowest BCUT2D eigenvalue weighted by molar-refractivity contribution is -0.130. The second kappa shape index (κ2) is 10.0. The van der Waals surface area contributed by atoms with E-state index < -0.39 is 30.1 Å². The number of nitrogens with one attached hydrogen (secondary N) is 2. The molecule has 0 bridgehead atoms. The summed E-state index contributed by atoms with van der Waals surface area (Å²) in [4.78, 5) is 16.3. The smallest absolute Gasteiger partial charge is 0.388 e. The number of phenols is 1. The molecule has 7 nitrogen and oxygen atoms in total. The molecule has 0 unspecified atom stereocenters. The number of alkyl halides is 3. The summed E-state index contributed by atoms with van der Waals surface area (Å²) in [7, 11) is 0. The number of aromatic amines is 1. The lowest BCUT2D eigenvalue weighted by atomic mass is 10.1. The highest BCUT2D eigenvalue weighted by atomic mass is 35.5. The number of nitrogens with zero attached hydrogens (tertiary/aromatic N) is 2. The van der Waals surface area contributed by atoms with Gasteiger partial charge in [-0.15, -0.1) is 0 Å². The van der Waals surface area contributed by atoms with Crippen LogP contribution in [0.25, 0.3) is 11.3 Å². The Morgan fingerprint density at radius 1 is 1.28 bits per heavy atom. The molecule has 2 aromatic heterocycles. The maximum atomic E-state index is 14.6.